The summed E-state index contributed by atoms with van der Waals surface area (Å²) in [6, 6.07) is 3.59. The van der Waals surface area contributed by atoms with E-state index in [-0.39, 0.29) is 5.56 Å². The Morgan fingerprint density at radius 3 is 2.67 bits per heavy atom. The molecule has 1 aromatic rings. The van der Waals surface area contributed by atoms with Crippen LogP contribution in [-0.2, 0) is 0 Å². The molecule has 84 valence electrons. The molecule has 0 saturated carbocycles. The molecule has 0 aliphatic heterocycles. The minimum Gasteiger partial charge on any atom is -0.323 e. The molecule has 0 radical (unpaired) electrons. The van der Waals surface area contributed by atoms with E-state index in [1.165, 1.54) is 12.1 Å². The number of benzene rings is 1. The van der Waals surface area contributed by atoms with E-state index in [1.54, 1.807) is 0 Å². The highest BCUT2D eigenvalue weighted by Crippen LogP contribution is 2.17. The molecular formula is C11H16F2N2. The van der Waals surface area contributed by atoms with Crippen LogP contribution in [-0.4, -0.2) is 25.0 Å². The lowest BCUT2D eigenvalue weighted by Gasteiger charge is -2.20. The number of halogens is 2. The molecule has 0 heterocycles. The van der Waals surface area contributed by atoms with Crippen LogP contribution in [0.25, 0.3) is 0 Å². The molecule has 2 nitrogen and oxygen atoms in total. The molecule has 1 atom stereocenters. The molecule has 4 heteroatoms. The number of hydrogen-bond acceptors (Lipinski definition) is 2. The van der Waals surface area contributed by atoms with Crippen LogP contribution in [0.4, 0.5) is 8.78 Å². The van der Waals surface area contributed by atoms with Crippen molar-refractivity contribution < 1.29 is 8.78 Å². The summed E-state index contributed by atoms with van der Waals surface area (Å²) in [7, 11) is 1.89. The second kappa shape index (κ2) is 5.19. The predicted octanol–water partition coefficient (Wildman–Crippen LogP) is 1.92. The van der Waals surface area contributed by atoms with Crippen LogP contribution in [0.5, 0.6) is 0 Å². The zero-order chi connectivity index (χ0) is 11.4. The maximum Gasteiger partial charge on any atom is 0.163 e. The Morgan fingerprint density at radius 2 is 2.07 bits per heavy atom. The molecule has 0 aliphatic rings. The van der Waals surface area contributed by atoms with Crippen molar-refractivity contribution in [1.29, 1.82) is 0 Å². The highest BCUT2D eigenvalue weighted by atomic mass is 19.2. The van der Waals surface area contributed by atoms with E-state index in [1.807, 2.05) is 18.9 Å². The van der Waals surface area contributed by atoms with Crippen molar-refractivity contribution in [1.82, 2.24) is 4.90 Å². The fourth-order valence-electron chi connectivity index (χ4n) is 1.37. The Balaban J connectivity index is 2.82. The molecule has 0 saturated heterocycles. The van der Waals surface area contributed by atoms with Gasteiger partial charge in [-0.3, -0.25) is 0 Å². The van der Waals surface area contributed by atoms with Gasteiger partial charge in [-0.25, -0.2) is 8.78 Å². The summed E-state index contributed by atoms with van der Waals surface area (Å²) in [4.78, 5) is 1.95. The summed E-state index contributed by atoms with van der Waals surface area (Å²) < 4.78 is 26.2. The summed E-state index contributed by atoms with van der Waals surface area (Å²) in [6.45, 7) is 3.32. The van der Waals surface area contributed by atoms with Crippen LogP contribution >= 0.6 is 0 Å². The van der Waals surface area contributed by atoms with Gasteiger partial charge in [0.25, 0.3) is 0 Å². The highest BCUT2D eigenvalue weighted by molar-refractivity contribution is 5.22. The second-order valence-corrected chi connectivity index (χ2v) is 3.60. The van der Waals surface area contributed by atoms with Crippen molar-refractivity contribution in [3.63, 3.8) is 0 Å². The first-order valence-electron chi connectivity index (χ1n) is 4.94. The summed E-state index contributed by atoms with van der Waals surface area (Å²) in [5.41, 5.74) is 6.02. The van der Waals surface area contributed by atoms with Crippen molar-refractivity contribution in [2.45, 2.75) is 13.0 Å². The van der Waals surface area contributed by atoms with Gasteiger partial charge in [-0.2, -0.15) is 0 Å². The molecule has 0 amide bonds. The second-order valence-electron chi connectivity index (χ2n) is 3.60. The van der Waals surface area contributed by atoms with Gasteiger partial charge in [0.2, 0.25) is 0 Å². The van der Waals surface area contributed by atoms with Gasteiger partial charge in [0, 0.05) is 18.2 Å². The fourth-order valence-corrected chi connectivity index (χ4v) is 1.37. The normalized spacial score (nSPS) is 13.2. The third kappa shape index (κ3) is 2.97. The monoisotopic (exact) mass is 214 g/mol. The highest BCUT2D eigenvalue weighted by Gasteiger charge is 2.15. The maximum absolute atomic E-state index is 13.3. The molecule has 0 aromatic heterocycles. The zero-order valence-electron chi connectivity index (χ0n) is 9.00. The van der Waals surface area contributed by atoms with Gasteiger partial charge < -0.3 is 10.6 Å². The SMILES string of the molecule is CCN(C)CC(N)c1cccc(F)c1F. The maximum atomic E-state index is 13.3. The molecule has 1 aromatic carbocycles. The number of hydrogen-bond donors (Lipinski definition) is 1. The number of nitrogens with zero attached hydrogens (tertiary/aromatic N) is 1. The standard InChI is InChI=1S/C11H16F2N2/c1-3-15(2)7-10(14)8-5-4-6-9(12)11(8)13/h4-6,10H,3,7,14H2,1-2H3. The third-order valence-electron chi connectivity index (χ3n) is 2.43. The number of rotatable bonds is 4. The minimum atomic E-state index is -0.845. The summed E-state index contributed by atoms with van der Waals surface area (Å²) in [6.07, 6.45) is 0. The molecular weight excluding hydrogens is 198 g/mol. The lowest BCUT2D eigenvalue weighted by Crippen LogP contribution is -2.29. The van der Waals surface area contributed by atoms with E-state index < -0.39 is 17.7 Å². The fraction of sp³-hybridized carbons (Fsp3) is 0.455. The van der Waals surface area contributed by atoms with Crippen LogP contribution in [0.2, 0.25) is 0 Å². The molecule has 0 fully saturated rings. The zero-order valence-corrected chi connectivity index (χ0v) is 9.00. The number of nitrogens with two attached hydrogens (primary N) is 1. The van der Waals surface area contributed by atoms with Crippen molar-refractivity contribution >= 4 is 0 Å². The Bertz CT molecular complexity index is 328. The van der Waals surface area contributed by atoms with Gasteiger partial charge >= 0.3 is 0 Å². The molecule has 0 bridgehead atoms. The first-order valence-corrected chi connectivity index (χ1v) is 4.94. The van der Waals surface area contributed by atoms with Gasteiger partial charge in [-0.05, 0) is 19.7 Å². The predicted molar refractivity (Wildman–Crippen MR) is 56.5 cm³/mol. The van der Waals surface area contributed by atoms with Gasteiger partial charge in [0.1, 0.15) is 0 Å². The summed E-state index contributed by atoms with van der Waals surface area (Å²) >= 11 is 0. The lowest BCUT2D eigenvalue weighted by atomic mass is 10.1. The topological polar surface area (TPSA) is 29.3 Å². The van der Waals surface area contributed by atoms with E-state index in [4.69, 9.17) is 5.73 Å². The van der Waals surface area contributed by atoms with Crippen molar-refractivity contribution in [3.05, 3.63) is 35.4 Å². The van der Waals surface area contributed by atoms with E-state index in [9.17, 15) is 8.78 Å². The molecule has 2 N–H and O–H groups in total. The largest absolute Gasteiger partial charge is 0.323 e. The van der Waals surface area contributed by atoms with Crippen LogP contribution in [0.3, 0.4) is 0 Å². The van der Waals surface area contributed by atoms with Crippen molar-refractivity contribution in [2.24, 2.45) is 5.73 Å². The van der Waals surface area contributed by atoms with E-state index >= 15 is 0 Å². The third-order valence-corrected chi connectivity index (χ3v) is 2.43. The van der Waals surface area contributed by atoms with Crippen molar-refractivity contribution in [2.75, 3.05) is 20.1 Å². The first kappa shape index (κ1) is 12.1. The quantitative estimate of drug-likeness (QED) is 0.829. The molecule has 0 spiro atoms. The van der Waals surface area contributed by atoms with Crippen LogP contribution in [0.15, 0.2) is 18.2 Å². The van der Waals surface area contributed by atoms with Gasteiger partial charge in [0.15, 0.2) is 11.6 Å². The van der Waals surface area contributed by atoms with Crippen molar-refractivity contribution in [3.8, 4) is 0 Å². The van der Waals surface area contributed by atoms with E-state index in [0.717, 1.165) is 12.6 Å². The Hall–Kier alpha value is -1.00. The minimum absolute atomic E-state index is 0.232. The average molecular weight is 214 g/mol. The van der Waals surface area contributed by atoms with Gasteiger partial charge in [0.05, 0.1) is 0 Å². The van der Waals surface area contributed by atoms with Gasteiger partial charge in [-0.15, -0.1) is 0 Å². The average Bonchev–Trinajstić information content (AvgIpc) is 2.21. The van der Waals surface area contributed by atoms with Crippen LogP contribution in [0, 0.1) is 11.6 Å². The molecule has 0 aliphatic carbocycles. The van der Waals surface area contributed by atoms with Gasteiger partial charge in [-0.1, -0.05) is 19.1 Å². The summed E-state index contributed by atoms with van der Waals surface area (Å²) in [5.74, 6) is -1.68. The van der Waals surface area contributed by atoms with Crippen LogP contribution in [0.1, 0.15) is 18.5 Å². The molecule has 15 heavy (non-hydrogen) atoms. The lowest BCUT2D eigenvalue weighted by molar-refractivity contribution is 0.324. The summed E-state index contributed by atoms with van der Waals surface area (Å²) in [5, 5.41) is 0. The first-order chi connectivity index (χ1) is 7.06. The van der Waals surface area contributed by atoms with Crippen LogP contribution < -0.4 is 5.73 Å². The smallest absolute Gasteiger partial charge is 0.163 e. The Labute approximate surface area is 88.7 Å². The Kier molecular flexibility index (Phi) is 4.17. The molecule has 1 rings (SSSR count). The molecule has 1 unspecified atom stereocenters. The van der Waals surface area contributed by atoms with E-state index in [0.29, 0.717) is 6.54 Å². The number of likely N-dealkylation sites (N-methyl/N-ethyl adjacent to an activating group) is 1. The van der Waals surface area contributed by atoms with E-state index in [2.05, 4.69) is 0 Å². The Morgan fingerprint density at radius 1 is 1.40 bits per heavy atom.